The lowest BCUT2D eigenvalue weighted by Gasteiger charge is -2.15. The highest BCUT2D eigenvalue weighted by atomic mass is 35.5. The minimum Gasteiger partial charge on any atom is -0.496 e. The number of methoxy groups -OCH3 is 1. The highest BCUT2D eigenvalue weighted by molar-refractivity contribution is 6.30. The molecule has 0 aromatic heterocycles. The van der Waals surface area contributed by atoms with E-state index in [2.05, 4.69) is 5.32 Å². The Labute approximate surface area is 114 Å². The molecule has 0 fully saturated rings. The second-order valence-electron chi connectivity index (χ2n) is 3.62. The molecule has 1 aromatic carbocycles. The number of hydrogen-bond acceptors (Lipinski definition) is 3. The van der Waals surface area contributed by atoms with Gasteiger partial charge in [-0.1, -0.05) is 18.5 Å². The summed E-state index contributed by atoms with van der Waals surface area (Å²) in [5.41, 5.74) is 1.00. The molecule has 3 nitrogen and oxygen atoms in total. The molecule has 1 aromatic rings. The Bertz CT molecular complexity index is 330. The van der Waals surface area contributed by atoms with E-state index in [1.54, 1.807) is 13.2 Å². The van der Waals surface area contributed by atoms with Gasteiger partial charge in [-0.2, -0.15) is 0 Å². The standard InChI is InChI=1S/C12H18ClNO2.ClH/c1-3-11(8-15)14-7-9-6-10(13)4-5-12(9)16-2;/h4-6,11,14-15H,3,7-8H2,1-2H3;1H. The van der Waals surface area contributed by atoms with Crippen LogP contribution < -0.4 is 10.1 Å². The molecule has 5 heteroatoms. The van der Waals surface area contributed by atoms with Crippen molar-refractivity contribution < 1.29 is 9.84 Å². The number of nitrogens with one attached hydrogen (secondary N) is 1. The van der Waals surface area contributed by atoms with Gasteiger partial charge in [0.2, 0.25) is 0 Å². The Morgan fingerprint density at radius 2 is 2.18 bits per heavy atom. The van der Waals surface area contributed by atoms with Crippen LogP contribution in [0, 0.1) is 0 Å². The van der Waals surface area contributed by atoms with Crippen LogP contribution in [0.5, 0.6) is 5.75 Å². The molecule has 0 aliphatic heterocycles. The highest BCUT2D eigenvalue weighted by Gasteiger charge is 2.07. The summed E-state index contributed by atoms with van der Waals surface area (Å²) in [7, 11) is 1.64. The minimum atomic E-state index is 0. The summed E-state index contributed by atoms with van der Waals surface area (Å²) in [6.07, 6.45) is 0.888. The summed E-state index contributed by atoms with van der Waals surface area (Å²) < 4.78 is 5.24. The van der Waals surface area contributed by atoms with Crippen molar-refractivity contribution in [2.24, 2.45) is 0 Å². The van der Waals surface area contributed by atoms with Crippen molar-refractivity contribution >= 4 is 24.0 Å². The molecule has 2 N–H and O–H groups in total. The van der Waals surface area contributed by atoms with E-state index in [0.717, 1.165) is 17.7 Å². The van der Waals surface area contributed by atoms with Crippen LogP contribution in [-0.2, 0) is 6.54 Å². The van der Waals surface area contributed by atoms with E-state index in [4.69, 9.17) is 21.4 Å². The van der Waals surface area contributed by atoms with Crippen LogP contribution in [0.3, 0.4) is 0 Å². The topological polar surface area (TPSA) is 41.5 Å². The van der Waals surface area contributed by atoms with Crippen LogP contribution in [0.1, 0.15) is 18.9 Å². The molecule has 1 atom stereocenters. The lowest BCUT2D eigenvalue weighted by atomic mass is 10.1. The monoisotopic (exact) mass is 279 g/mol. The van der Waals surface area contributed by atoms with E-state index in [9.17, 15) is 0 Å². The molecule has 0 saturated heterocycles. The minimum absolute atomic E-state index is 0. The van der Waals surface area contributed by atoms with Crippen molar-refractivity contribution in [2.75, 3.05) is 13.7 Å². The van der Waals surface area contributed by atoms with Crippen LogP contribution in [0.15, 0.2) is 18.2 Å². The molecule has 0 aliphatic carbocycles. The third-order valence-electron chi connectivity index (χ3n) is 2.54. The molecule has 0 bridgehead atoms. The summed E-state index contributed by atoms with van der Waals surface area (Å²) in [6.45, 7) is 2.81. The smallest absolute Gasteiger partial charge is 0.123 e. The van der Waals surface area contributed by atoms with E-state index in [1.165, 1.54) is 0 Å². The molecule has 0 aliphatic rings. The first-order chi connectivity index (χ1) is 7.71. The average molecular weight is 280 g/mol. The van der Waals surface area contributed by atoms with Gasteiger partial charge in [-0.05, 0) is 24.6 Å². The molecule has 0 radical (unpaired) electrons. The Morgan fingerprint density at radius 3 is 2.71 bits per heavy atom. The van der Waals surface area contributed by atoms with Gasteiger partial charge < -0.3 is 15.2 Å². The number of aliphatic hydroxyl groups is 1. The third-order valence-corrected chi connectivity index (χ3v) is 2.77. The Kier molecular flexibility index (Phi) is 8.35. The maximum Gasteiger partial charge on any atom is 0.123 e. The molecular formula is C12H19Cl2NO2. The summed E-state index contributed by atoms with van der Waals surface area (Å²) in [6, 6.07) is 5.63. The van der Waals surface area contributed by atoms with E-state index in [1.807, 2.05) is 19.1 Å². The van der Waals surface area contributed by atoms with Gasteiger partial charge in [0.25, 0.3) is 0 Å². The van der Waals surface area contributed by atoms with Crippen LogP contribution >= 0.6 is 24.0 Å². The first-order valence-corrected chi connectivity index (χ1v) is 5.75. The summed E-state index contributed by atoms with van der Waals surface area (Å²) >= 11 is 5.92. The number of rotatable bonds is 6. The van der Waals surface area contributed by atoms with Crippen molar-refractivity contribution in [1.29, 1.82) is 0 Å². The summed E-state index contributed by atoms with van der Waals surface area (Å²) in [5, 5.41) is 13.0. The van der Waals surface area contributed by atoms with Crippen molar-refractivity contribution in [3.63, 3.8) is 0 Å². The van der Waals surface area contributed by atoms with Crippen LogP contribution in [0.25, 0.3) is 0 Å². The van der Waals surface area contributed by atoms with Crippen LogP contribution in [0.4, 0.5) is 0 Å². The van der Waals surface area contributed by atoms with Gasteiger partial charge in [-0.25, -0.2) is 0 Å². The number of ether oxygens (including phenoxy) is 1. The molecule has 0 heterocycles. The fourth-order valence-corrected chi connectivity index (χ4v) is 1.67. The van der Waals surface area contributed by atoms with Crippen molar-refractivity contribution in [2.45, 2.75) is 25.9 Å². The zero-order chi connectivity index (χ0) is 12.0. The second-order valence-corrected chi connectivity index (χ2v) is 4.06. The maximum atomic E-state index is 9.07. The van der Waals surface area contributed by atoms with Crippen molar-refractivity contribution in [1.82, 2.24) is 5.32 Å². The Morgan fingerprint density at radius 1 is 1.47 bits per heavy atom. The van der Waals surface area contributed by atoms with E-state index in [0.29, 0.717) is 11.6 Å². The van der Waals surface area contributed by atoms with Crippen LogP contribution in [0.2, 0.25) is 5.02 Å². The Balaban J connectivity index is 0.00000256. The summed E-state index contributed by atoms with van der Waals surface area (Å²) in [4.78, 5) is 0. The zero-order valence-corrected chi connectivity index (χ0v) is 11.6. The molecule has 0 saturated carbocycles. The van der Waals surface area contributed by atoms with Gasteiger partial charge in [0.05, 0.1) is 13.7 Å². The Hall–Kier alpha value is -0.480. The first-order valence-electron chi connectivity index (χ1n) is 5.38. The van der Waals surface area contributed by atoms with Gasteiger partial charge in [-0.15, -0.1) is 12.4 Å². The molecule has 1 unspecified atom stereocenters. The van der Waals surface area contributed by atoms with Gasteiger partial charge in [0.15, 0.2) is 0 Å². The predicted molar refractivity (Wildman–Crippen MR) is 73.3 cm³/mol. The lowest BCUT2D eigenvalue weighted by molar-refractivity contribution is 0.238. The predicted octanol–water partition coefficient (Wildman–Crippen LogP) is 2.63. The van der Waals surface area contributed by atoms with Crippen molar-refractivity contribution in [3.8, 4) is 5.75 Å². The fourth-order valence-electron chi connectivity index (χ4n) is 1.48. The highest BCUT2D eigenvalue weighted by Crippen LogP contribution is 2.22. The van der Waals surface area contributed by atoms with Gasteiger partial charge >= 0.3 is 0 Å². The van der Waals surface area contributed by atoms with Crippen molar-refractivity contribution in [3.05, 3.63) is 28.8 Å². The number of aliphatic hydroxyl groups excluding tert-OH is 1. The molecular weight excluding hydrogens is 261 g/mol. The van der Waals surface area contributed by atoms with E-state index < -0.39 is 0 Å². The number of benzene rings is 1. The molecule has 0 amide bonds. The van der Waals surface area contributed by atoms with Gasteiger partial charge in [-0.3, -0.25) is 0 Å². The molecule has 17 heavy (non-hydrogen) atoms. The van der Waals surface area contributed by atoms with Crippen LogP contribution in [-0.4, -0.2) is 24.9 Å². The fraction of sp³-hybridized carbons (Fsp3) is 0.500. The maximum absolute atomic E-state index is 9.07. The SMILES string of the molecule is CCC(CO)NCc1cc(Cl)ccc1OC.Cl. The van der Waals surface area contributed by atoms with E-state index in [-0.39, 0.29) is 25.1 Å². The second kappa shape index (κ2) is 8.59. The molecule has 1 rings (SSSR count). The van der Waals surface area contributed by atoms with E-state index >= 15 is 0 Å². The first kappa shape index (κ1) is 16.5. The average Bonchev–Trinajstić information content (AvgIpc) is 2.30. The number of halogens is 2. The van der Waals surface area contributed by atoms with Gasteiger partial charge in [0.1, 0.15) is 5.75 Å². The molecule has 98 valence electrons. The third kappa shape index (κ3) is 5.13. The quantitative estimate of drug-likeness (QED) is 0.841. The summed E-state index contributed by atoms with van der Waals surface area (Å²) in [5.74, 6) is 0.810. The lowest BCUT2D eigenvalue weighted by Crippen LogP contribution is -2.31. The molecule has 0 spiro atoms. The largest absolute Gasteiger partial charge is 0.496 e. The normalized spacial score (nSPS) is 11.8. The zero-order valence-electron chi connectivity index (χ0n) is 10.1. The van der Waals surface area contributed by atoms with Gasteiger partial charge in [0, 0.05) is 23.2 Å². The number of hydrogen-bond donors (Lipinski definition) is 2.